The maximum Gasteiger partial charge on any atom is 0.338 e. The molecule has 0 saturated heterocycles. The van der Waals surface area contributed by atoms with E-state index < -0.39 is 0 Å². The smallest absolute Gasteiger partial charge is 0.338 e. The minimum absolute atomic E-state index is 0.0515. The lowest BCUT2D eigenvalue weighted by Gasteiger charge is -2.33. The van der Waals surface area contributed by atoms with E-state index in [0.717, 1.165) is 27.6 Å². The van der Waals surface area contributed by atoms with E-state index >= 15 is 0 Å². The van der Waals surface area contributed by atoms with Crippen molar-refractivity contribution >= 4 is 29.3 Å². The van der Waals surface area contributed by atoms with Gasteiger partial charge in [-0.2, -0.15) is 0 Å². The van der Waals surface area contributed by atoms with Crippen LogP contribution >= 0.6 is 11.8 Å². The molecule has 164 valence electrons. The van der Waals surface area contributed by atoms with Crippen molar-refractivity contribution in [2.45, 2.75) is 30.4 Å². The number of amides is 1. The first-order chi connectivity index (χ1) is 15.6. The van der Waals surface area contributed by atoms with Gasteiger partial charge in [0, 0.05) is 11.4 Å². The van der Waals surface area contributed by atoms with Crippen molar-refractivity contribution in [2.75, 3.05) is 18.1 Å². The van der Waals surface area contributed by atoms with Gasteiger partial charge in [0.05, 0.1) is 23.1 Å². The van der Waals surface area contributed by atoms with Crippen molar-refractivity contribution in [2.24, 2.45) is 0 Å². The Balaban J connectivity index is 1.49. The summed E-state index contributed by atoms with van der Waals surface area (Å²) in [5, 5.41) is -0.225. The Morgan fingerprint density at radius 2 is 1.69 bits per heavy atom. The molecule has 3 aromatic rings. The third kappa shape index (κ3) is 4.81. The van der Waals surface area contributed by atoms with Gasteiger partial charge in [-0.1, -0.05) is 30.3 Å². The molecule has 1 heterocycles. The maximum atomic E-state index is 13.2. The van der Waals surface area contributed by atoms with Crippen LogP contribution in [0.15, 0.2) is 77.7 Å². The van der Waals surface area contributed by atoms with E-state index in [0.29, 0.717) is 25.1 Å². The van der Waals surface area contributed by atoms with Crippen LogP contribution < -0.4 is 9.64 Å². The van der Waals surface area contributed by atoms with Crippen LogP contribution in [0.5, 0.6) is 11.5 Å². The molecule has 5 nitrogen and oxygen atoms in total. The molecule has 0 saturated carbocycles. The summed E-state index contributed by atoms with van der Waals surface area (Å²) in [7, 11) is 0. The minimum atomic E-state index is -0.372. The number of para-hydroxylation sites is 1. The van der Waals surface area contributed by atoms with Gasteiger partial charge in [0.2, 0.25) is 5.91 Å². The lowest BCUT2D eigenvalue weighted by Crippen LogP contribution is -2.41. The van der Waals surface area contributed by atoms with Gasteiger partial charge >= 0.3 is 5.97 Å². The molecule has 0 bridgehead atoms. The minimum Gasteiger partial charge on any atom is -0.462 e. The predicted molar refractivity (Wildman–Crippen MR) is 127 cm³/mol. The van der Waals surface area contributed by atoms with Gasteiger partial charge in [0.25, 0.3) is 0 Å². The molecule has 0 aliphatic carbocycles. The van der Waals surface area contributed by atoms with Crippen LogP contribution in [0, 0.1) is 0 Å². The second-order valence-corrected chi connectivity index (χ2v) is 8.60. The first-order valence-electron chi connectivity index (χ1n) is 10.7. The lowest BCUT2D eigenvalue weighted by molar-refractivity contribution is -0.118. The average Bonchev–Trinajstić information content (AvgIpc) is 2.81. The fraction of sp³-hybridized carbons (Fsp3) is 0.231. The number of carbonyl (C=O) groups is 2. The first-order valence-corrected chi connectivity index (χ1v) is 11.6. The Morgan fingerprint density at radius 1 is 0.969 bits per heavy atom. The Labute approximate surface area is 192 Å². The lowest BCUT2D eigenvalue weighted by atomic mass is 10.1. The number of fused-ring (bicyclic) bond motifs is 1. The van der Waals surface area contributed by atoms with Crippen molar-refractivity contribution in [3.05, 3.63) is 83.9 Å². The van der Waals surface area contributed by atoms with Crippen LogP contribution in [0.3, 0.4) is 0 Å². The second kappa shape index (κ2) is 9.92. The fourth-order valence-corrected chi connectivity index (χ4v) is 4.90. The molecule has 0 spiro atoms. The van der Waals surface area contributed by atoms with Crippen LogP contribution in [0.1, 0.15) is 29.8 Å². The Morgan fingerprint density at radius 3 is 2.38 bits per heavy atom. The molecule has 1 aliphatic heterocycles. The number of anilines is 1. The number of nitrogens with zero attached hydrogens (tertiary/aromatic N) is 1. The van der Waals surface area contributed by atoms with E-state index in [2.05, 4.69) is 0 Å². The van der Waals surface area contributed by atoms with Crippen LogP contribution in [-0.2, 0) is 16.0 Å². The summed E-state index contributed by atoms with van der Waals surface area (Å²) >= 11 is 1.55. The van der Waals surface area contributed by atoms with E-state index in [1.165, 1.54) is 0 Å². The molecule has 4 rings (SSSR count). The maximum absolute atomic E-state index is 13.2. The summed E-state index contributed by atoms with van der Waals surface area (Å²) < 4.78 is 11.0. The predicted octanol–water partition coefficient (Wildman–Crippen LogP) is 5.73. The van der Waals surface area contributed by atoms with Crippen LogP contribution in [0.4, 0.5) is 5.69 Å². The highest BCUT2D eigenvalue weighted by molar-refractivity contribution is 8.01. The first kappa shape index (κ1) is 22.0. The highest BCUT2D eigenvalue weighted by Crippen LogP contribution is 2.41. The summed E-state index contributed by atoms with van der Waals surface area (Å²) in [6.07, 6.45) is 0.616. The third-order valence-corrected chi connectivity index (χ3v) is 6.46. The molecule has 6 heteroatoms. The molecule has 32 heavy (non-hydrogen) atoms. The topological polar surface area (TPSA) is 55.8 Å². The normalized spacial score (nSPS) is 15.2. The van der Waals surface area contributed by atoms with E-state index in [9.17, 15) is 9.59 Å². The number of thioether (sulfide) groups is 1. The largest absolute Gasteiger partial charge is 0.462 e. The number of rotatable bonds is 7. The molecule has 1 unspecified atom stereocenters. The molecule has 3 aromatic carbocycles. The van der Waals surface area contributed by atoms with E-state index in [1.807, 2.05) is 67.6 Å². The van der Waals surface area contributed by atoms with Crippen LogP contribution in [-0.4, -0.2) is 30.3 Å². The Hall–Kier alpha value is -3.25. The number of carbonyl (C=O) groups excluding carboxylic acids is 2. The zero-order valence-electron chi connectivity index (χ0n) is 18.1. The third-order valence-electron chi connectivity index (χ3n) is 5.21. The van der Waals surface area contributed by atoms with Crippen molar-refractivity contribution < 1.29 is 19.1 Å². The number of hydrogen-bond donors (Lipinski definition) is 0. The molecule has 0 radical (unpaired) electrons. The molecule has 1 amide bonds. The van der Waals surface area contributed by atoms with Crippen molar-refractivity contribution in [3.63, 3.8) is 0 Å². The van der Waals surface area contributed by atoms with Gasteiger partial charge in [0.15, 0.2) is 0 Å². The van der Waals surface area contributed by atoms with Crippen LogP contribution in [0.25, 0.3) is 0 Å². The van der Waals surface area contributed by atoms with Gasteiger partial charge in [0.1, 0.15) is 11.5 Å². The monoisotopic (exact) mass is 447 g/mol. The summed E-state index contributed by atoms with van der Waals surface area (Å²) in [5.74, 6) is 1.23. The molecular weight excluding hydrogens is 422 g/mol. The number of benzene rings is 3. The van der Waals surface area contributed by atoms with Crippen molar-refractivity contribution in [1.82, 2.24) is 0 Å². The molecule has 1 aliphatic rings. The van der Waals surface area contributed by atoms with Crippen molar-refractivity contribution in [3.8, 4) is 11.5 Å². The number of ether oxygens (including phenoxy) is 2. The molecule has 0 fully saturated rings. The zero-order chi connectivity index (χ0) is 22.5. The van der Waals surface area contributed by atoms with Crippen molar-refractivity contribution in [1.29, 1.82) is 0 Å². The van der Waals surface area contributed by atoms with Gasteiger partial charge in [-0.3, -0.25) is 4.79 Å². The quantitative estimate of drug-likeness (QED) is 0.433. The summed E-state index contributed by atoms with van der Waals surface area (Å²) in [5.41, 5.74) is 2.31. The SMILES string of the molecule is CCOC(=O)c1ccc2c(c1)N(CC)C(=O)C(Cc1ccc(Oc3ccccc3)cc1)S2. The zero-order valence-corrected chi connectivity index (χ0v) is 18.9. The van der Waals surface area contributed by atoms with Crippen LogP contribution in [0.2, 0.25) is 0 Å². The van der Waals surface area contributed by atoms with E-state index in [-0.39, 0.29) is 17.1 Å². The highest BCUT2D eigenvalue weighted by Gasteiger charge is 2.33. The molecular formula is C26H25NO4S. The van der Waals surface area contributed by atoms with Gasteiger partial charge in [-0.25, -0.2) is 4.79 Å². The second-order valence-electron chi connectivity index (χ2n) is 7.36. The standard InChI is InChI=1S/C26H25NO4S/c1-3-27-22-17-19(26(29)30-4-2)12-15-23(22)32-24(25(27)28)16-18-10-13-21(14-11-18)31-20-8-6-5-7-9-20/h5-15,17,24H,3-4,16H2,1-2H3. The van der Waals surface area contributed by atoms with Gasteiger partial charge < -0.3 is 14.4 Å². The van der Waals surface area contributed by atoms with Gasteiger partial charge in [-0.15, -0.1) is 11.8 Å². The summed E-state index contributed by atoms with van der Waals surface area (Å²) in [6, 6.07) is 22.9. The van der Waals surface area contributed by atoms with E-state index in [4.69, 9.17) is 9.47 Å². The Bertz CT molecular complexity index is 1100. The molecule has 0 aromatic heterocycles. The summed E-state index contributed by atoms with van der Waals surface area (Å²) in [6.45, 7) is 4.58. The molecule has 1 atom stereocenters. The number of hydrogen-bond acceptors (Lipinski definition) is 5. The Kier molecular flexibility index (Phi) is 6.81. The fourth-order valence-electron chi connectivity index (χ4n) is 3.65. The van der Waals surface area contributed by atoms with Gasteiger partial charge in [-0.05, 0) is 68.3 Å². The van der Waals surface area contributed by atoms with E-state index in [1.54, 1.807) is 35.7 Å². The molecule has 0 N–H and O–H groups in total. The summed E-state index contributed by atoms with van der Waals surface area (Å²) in [4.78, 5) is 28.1. The average molecular weight is 448 g/mol. The number of esters is 1. The highest BCUT2D eigenvalue weighted by atomic mass is 32.2.